The Bertz CT molecular complexity index is 1510. The van der Waals surface area contributed by atoms with Gasteiger partial charge < -0.3 is 15.7 Å². The second-order valence-electron chi connectivity index (χ2n) is 9.42. The highest BCUT2D eigenvalue weighted by atomic mass is 35.5. The van der Waals surface area contributed by atoms with Gasteiger partial charge in [-0.25, -0.2) is 4.98 Å². The molecule has 0 spiro atoms. The Kier molecular flexibility index (Phi) is 6.84. The van der Waals surface area contributed by atoms with Crippen molar-refractivity contribution in [3.8, 4) is 0 Å². The molecule has 37 heavy (non-hydrogen) atoms. The lowest BCUT2D eigenvalue weighted by Gasteiger charge is -2.18. The lowest BCUT2D eigenvalue weighted by Crippen LogP contribution is -2.30. The second kappa shape index (κ2) is 10.1. The molecule has 1 saturated carbocycles. The van der Waals surface area contributed by atoms with Crippen molar-refractivity contribution >= 4 is 52.2 Å². The van der Waals surface area contributed by atoms with Crippen LogP contribution in [-0.4, -0.2) is 26.4 Å². The number of fused-ring (bicyclic) bond motifs is 1. The number of benzene rings is 2. The largest absolute Gasteiger partial charge is 0.481 e. The predicted molar refractivity (Wildman–Crippen MR) is 145 cm³/mol. The van der Waals surface area contributed by atoms with Gasteiger partial charge in [-0.1, -0.05) is 47.5 Å². The van der Waals surface area contributed by atoms with Crippen LogP contribution in [0, 0.1) is 13.8 Å². The number of hydrogen-bond acceptors (Lipinski definition) is 4. The highest BCUT2D eigenvalue weighted by Crippen LogP contribution is 2.44. The average molecular weight is 537 g/mol. The van der Waals surface area contributed by atoms with E-state index in [-0.39, 0.29) is 11.4 Å². The molecule has 1 unspecified atom stereocenters. The Hall–Kier alpha value is -3.55. The van der Waals surface area contributed by atoms with Crippen LogP contribution in [0.4, 0.5) is 11.5 Å². The molecule has 2 aromatic heterocycles. The van der Waals surface area contributed by atoms with Crippen molar-refractivity contribution < 1.29 is 14.7 Å². The summed E-state index contributed by atoms with van der Waals surface area (Å²) in [6.07, 6.45) is 3.66. The van der Waals surface area contributed by atoms with E-state index in [0.717, 1.165) is 41.2 Å². The van der Waals surface area contributed by atoms with Gasteiger partial charge in [0.15, 0.2) is 5.65 Å². The number of carbonyl (C=O) groups excluding carboxylic acids is 1. The fourth-order valence-electron chi connectivity index (χ4n) is 4.55. The number of anilines is 2. The Morgan fingerprint density at radius 1 is 1.08 bits per heavy atom. The summed E-state index contributed by atoms with van der Waals surface area (Å²) in [6, 6.07) is 13.6. The topological polar surface area (TPSA) is 95.7 Å². The molecule has 0 bridgehead atoms. The van der Waals surface area contributed by atoms with E-state index in [1.54, 1.807) is 30.3 Å². The van der Waals surface area contributed by atoms with Gasteiger partial charge >= 0.3 is 5.97 Å². The number of carbonyl (C=O) groups is 2. The van der Waals surface area contributed by atoms with Crippen molar-refractivity contribution in [1.82, 2.24) is 14.7 Å². The van der Waals surface area contributed by atoms with Crippen molar-refractivity contribution in [2.24, 2.45) is 0 Å². The molecule has 0 radical (unpaired) electrons. The number of amides is 1. The maximum absolute atomic E-state index is 13.5. The number of aromatic nitrogens is 2. The number of carboxylic acid groups (broad SMARTS) is 1. The van der Waals surface area contributed by atoms with Crippen LogP contribution in [0.3, 0.4) is 0 Å². The number of nitrogens with one attached hydrogen (secondary N) is 2. The van der Waals surface area contributed by atoms with Crippen LogP contribution in [0.2, 0.25) is 10.0 Å². The van der Waals surface area contributed by atoms with Crippen LogP contribution in [-0.2, 0) is 4.79 Å². The summed E-state index contributed by atoms with van der Waals surface area (Å²) in [4.78, 5) is 30.0. The van der Waals surface area contributed by atoms with Gasteiger partial charge in [-0.15, -0.1) is 0 Å². The van der Waals surface area contributed by atoms with Crippen LogP contribution in [0.5, 0.6) is 0 Å². The average Bonchev–Trinajstić information content (AvgIpc) is 3.63. The number of rotatable bonds is 8. The minimum absolute atomic E-state index is 0.287. The van der Waals surface area contributed by atoms with E-state index in [0.29, 0.717) is 27.7 Å². The van der Waals surface area contributed by atoms with E-state index >= 15 is 0 Å². The Morgan fingerprint density at radius 3 is 2.46 bits per heavy atom. The van der Waals surface area contributed by atoms with Crippen LogP contribution < -0.4 is 10.6 Å². The van der Waals surface area contributed by atoms with Gasteiger partial charge in [0.2, 0.25) is 0 Å². The normalized spacial score (nSPS) is 13.9. The molecular formula is C28H26Cl2N4O3. The van der Waals surface area contributed by atoms with Gasteiger partial charge in [0, 0.05) is 17.8 Å². The summed E-state index contributed by atoms with van der Waals surface area (Å²) in [7, 11) is 0. The van der Waals surface area contributed by atoms with Gasteiger partial charge in [0.05, 0.1) is 33.8 Å². The lowest BCUT2D eigenvalue weighted by molar-refractivity contribution is -0.137. The fourth-order valence-corrected chi connectivity index (χ4v) is 4.86. The van der Waals surface area contributed by atoms with E-state index in [2.05, 4.69) is 36.6 Å². The predicted octanol–water partition coefficient (Wildman–Crippen LogP) is 6.82. The minimum atomic E-state index is -1.05. The number of carboxylic acids is 1. The number of hydrogen-bond donors (Lipinski definition) is 3. The highest BCUT2D eigenvalue weighted by Gasteiger charge is 2.32. The molecule has 7 nitrogen and oxygen atoms in total. The third kappa shape index (κ3) is 5.15. The molecule has 4 aromatic rings. The standard InChI is InChI=1S/C28H26Cl2N4O3/c1-15-5-3-6-16(2)24(15)32-27-25(17-8-9-17)33-26-19(7-4-12-34(26)27)28(37)31-22(14-23(35)36)18-10-11-20(29)21(30)13-18/h3-7,10-13,17,22,32H,8-9,14H2,1-2H3,(H,31,37)(H,35,36). The van der Waals surface area contributed by atoms with Gasteiger partial charge in [-0.3, -0.25) is 14.0 Å². The first-order valence-electron chi connectivity index (χ1n) is 12.0. The molecule has 5 rings (SSSR count). The van der Waals surface area contributed by atoms with Crippen molar-refractivity contribution in [3.63, 3.8) is 0 Å². The number of aryl methyl sites for hydroxylation is 2. The Morgan fingerprint density at radius 2 is 1.81 bits per heavy atom. The zero-order valence-corrected chi connectivity index (χ0v) is 21.9. The molecule has 0 aliphatic heterocycles. The van der Waals surface area contributed by atoms with Crippen molar-refractivity contribution in [1.29, 1.82) is 0 Å². The number of para-hydroxylation sites is 1. The van der Waals surface area contributed by atoms with E-state index < -0.39 is 17.9 Å². The van der Waals surface area contributed by atoms with E-state index in [4.69, 9.17) is 28.2 Å². The van der Waals surface area contributed by atoms with Crippen LogP contribution in [0.15, 0.2) is 54.7 Å². The molecule has 2 aromatic carbocycles. The monoisotopic (exact) mass is 536 g/mol. The molecule has 1 aliphatic carbocycles. The van der Waals surface area contributed by atoms with Gasteiger partial charge in [0.1, 0.15) is 5.82 Å². The molecule has 1 aliphatic rings. The van der Waals surface area contributed by atoms with E-state index in [1.165, 1.54) is 0 Å². The van der Waals surface area contributed by atoms with Gasteiger partial charge in [0.25, 0.3) is 5.91 Å². The lowest BCUT2D eigenvalue weighted by atomic mass is 10.0. The maximum atomic E-state index is 13.5. The summed E-state index contributed by atoms with van der Waals surface area (Å²) in [5.74, 6) is -0.296. The number of aliphatic carboxylic acids is 1. The minimum Gasteiger partial charge on any atom is -0.481 e. The summed E-state index contributed by atoms with van der Waals surface area (Å²) in [6.45, 7) is 4.11. The van der Waals surface area contributed by atoms with Gasteiger partial charge in [-0.2, -0.15) is 0 Å². The van der Waals surface area contributed by atoms with Crippen molar-refractivity contribution in [3.05, 3.63) is 92.7 Å². The van der Waals surface area contributed by atoms with Crippen molar-refractivity contribution in [2.75, 3.05) is 5.32 Å². The number of imidazole rings is 1. The molecule has 2 heterocycles. The molecular weight excluding hydrogens is 511 g/mol. The Balaban J connectivity index is 1.53. The van der Waals surface area contributed by atoms with Crippen LogP contribution in [0.25, 0.3) is 5.65 Å². The molecule has 1 atom stereocenters. The molecule has 1 fully saturated rings. The van der Waals surface area contributed by atoms with E-state index in [1.807, 2.05) is 16.7 Å². The number of halogens is 2. The van der Waals surface area contributed by atoms with Crippen LogP contribution in [0.1, 0.15) is 64.0 Å². The molecule has 1 amide bonds. The fraction of sp³-hybridized carbons (Fsp3) is 0.250. The summed E-state index contributed by atoms with van der Waals surface area (Å²) < 4.78 is 1.90. The molecule has 190 valence electrons. The summed E-state index contributed by atoms with van der Waals surface area (Å²) in [5.41, 5.74) is 5.59. The van der Waals surface area contributed by atoms with Crippen molar-refractivity contribution in [2.45, 2.75) is 45.1 Å². The SMILES string of the molecule is Cc1cccc(C)c1Nc1c(C2CC2)nc2c(C(=O)NC(CC(=O)O)c3ccc(Cl)c(Cl)c3)cccn12. The smallest absolute Gasteiger partial charge is 0.305 e. The first kappa shape index (κ1) is 25.1. The van der Waals surface area contributed by atoms with Gasteiger partial charge in [-0.05, 0) is 67.6 Å². The molecule has 0 saturated heterocycles. The first-order valence-corrected chi connectivity index (χ1v) is 12.8. The highest BCUT2D eigenvalue weighted by molar-refractivity contribution is 6.42. The number of pyridine rings is 1. The molecule has 9 heteroatoms. The third-order valence-electron chi connectivity index (χ3n) is 6.64. The number of nitrogens with zero attached hydrogens (tertiary/aromatic N) is 2. The van der Waals surface area contributed by atoms with E-state index in [9.17, 15) is 14.7 Å². The Labute approximate surface area is 224 Å². The zero-order chi connectivity index (χ0) is 26.3. The van der Waals surface area contributed by atoms with Crippen LogP contribution >= 0.6 is 23.2 Å². The molecule has 3 N–H and O–H groups in total. The summed E-state index contributed by atoms with van der Waals surface area (Å²) >= 11 is 12.2. The second-order valence-corrected chi connectivity index (χ2v) is 10.2. The third-order valence-corrected chi connectivity index (χ3v) is 7.38. The quantitative estimate of drug-likeness (QED) is 0.229. The zero-order valence-electron chi connectivity index (χ0n) is 20.4. The summed E-state index contributed by atoms with van der Waals surface area (Å²) in [5, 5.41) is 16.6. The maximum Gasteiger partial charge on any atom is 0.305 e. The first-order chi connectivity index (χ1) is 17.7.